The maximum Gasteiger partial charge on any atom is 0.245 e. The van der Waals surface area contributed by atoms with E-state index in [1.165, 1.54) is 4.31 Å². The standard InChI is InChI=1S/C12H12N6O2S2/c19-22(20,11-3-1-2-10-12(11)16-21-15-10)17-7-4-9(8-17)18-13-5-6-14-18/h1-3,5-6,9H,4,7-8H2/t9-/m1/s1. The van der Waals surface area contributed by atoms with Crippen LogP contribution in [0.5, 0.6) is 0 Å². The van der Waals surface area contributed by atoms with Gasteiger partial charge in [-0.15, -0.1) is 0 Å². The molecule has 3 heterocycles. The summed E-state index contributed by atoms with van der Waals surface area (Å²) in [7, 11) is -3.59. The van der Waals surface area contributed by atoms with Gasteiger partial charge in [-0.25, -0.2) is 8.42 Å². The minimum atomic E-state index is -3.59. The Hall–Kier alpha value is -1.91. The van der Waals surface area contributed by atoms with Gasteiger partial charge in [-0.1, -0.05) is 6.07 Å². The van der Waals surface area contributed by atoms with Gasteiger partial charge in [0, 0.05) is 13.1 Å². The van der Waals surface area contributed by atoms with E-state index >= 15 is 0 Å². The van der Waals surface area contributed by atoms with Crippen molar-refractivity contribution in [3.8, 4) is 0 Å². The molecule has 2 aromatic heterocycles. The first-order chi connectivity index (χ1) is 10.7. The lowest BCUT2D eigenvalue weighted by Crippen LogP contribution is -2.29. The van der Waals surface area contributed by atoms with Gasteiger partial charge in [0.1, 0.15) is 15.9 Å². The van der Waals surface area contributed by atoms with Gasteiger partial charge in [0.15, 0.2) is 0 Å². The molecule has 0 unspecified atom stereocenters. The van der Waals surface area contributed by atoms with Crippen molar-refractivity contribution in [1.29, 1.82) is 0 Å². The van der Waals surface area contributed by atoms with Crippen molar-refractivity contribution in [2.75, 3.05) is 13.1 Å². The Morgan fingerprint density at radius 1 is 1.18 bits per heavy atom. The molecular formula is C12H12N6O2S2. The van der Waals surface area contributed by atoms with Crippen molar-refractivity contribution in [2.24, 2.45) is 0 Å². The van der Waals surface area contributed by atoms with Crippen LogP contribution in [0.15, 0.2) is 35.5 Å². The van der Waals surface area contributed by atoms with Gasteiger partial charge in [0.05, 0.1) is 30.2 Å². The molecule has 0 radical (unpaired) electrons. The van der Waals surface area contributed by atoms with Gasteiger partial charge in [0.25, 0.3) is 0 Å². The number of nitrogens with zero attached hydrogens (tertiary/aromatic N) is 6. The molecule has 8 nitrogen and oxygen atoms in total. The minimum absolute atomic E-state index is 0.0301. The lowest BCUT2D eigenvalue weighted by atomic mass is 10.3. The molecule has 1 fully saturated rings. The van der Waals surface area contributed by atoms with E-state index in [0.29, 0.717) is 30.5 Å². The Balaban J connectivity index is 1.69. The molecule has 3 aromatic rings. The molecule has 0 spiro atoms. The zero-order chi connectivity index (χ0) is 15.2. The van der Waals surface area contributed by atoms with Crippen LogP contribution >= 0.6 is 11.7 Å². The van der Waals surface area contributed by atoms with Crippen molar-refractivity contribution in [3.05, 3.63) is 30.6 Å². The molecule has 1 atom stereocenters. The number of sulfonamides is 1. The summed E-state index contributed by atoms with van der Waals surface area (Å²) in [6, 6.07) is 5.01. The van der Waals surface area contributed by atoms with Crippen molar-refractivity contribution in [1.82, 2.24) is 28.0 Å². The van der Waals surface area contributed by atoms with Crippen LogP contribution in [0, 0.1) is 0 Å². The van der Waals surface area contributed by atoms with Crippen LogP contribution < -0.4 is 0 Å². The highest BCUT2D eigenvalue weighted by Gasteiger charge is 2.35. The molecule has 0 bridgehead atoms. The highest BCUT2D eigenvalue weighted by Crippen LogP contribution is 2.29. The SMILES string of the molecule is O=S(=O)(c1cccc2nsnc12)N1CC[C@@H](n2nccn2)C1. The molecule has 1 aromatic carbocycles. The van der Waals surface area contributed by atoms with Crippen molar-refractivity contribution >= 4 is 32.8 Å². The number of hydrogen-bond acceptors (Lipinski definition) is 7. The summed E-state index contributed by atoms with van der Waals surface area (Å²) < 4.78 is 35.4. The zero-order valence-electron chi connectivity index (χ0n) is 11.4. The second-order valence-electron chi connectivity index (χ2n) is 5.04. The van der Waals surface area contributed by atoms with E-state index in [1.54, 1.807) is 35.4 Å². The summed E-state index contributed by atoms with van der Waals surface area (Å²) >= 11 is 1.02. The predicted molar refractivity (Wildman–Crippen MR) is 79.8 cm³/mol. The zero-order valence-corrected chi connectivity index (χ0v) is 13.0. The molecule has 0 N–H and O–H groups in total. The largest absolute Gasteiger partial charge is 0.245 e. The fraction of sp³-hybridized carbons (Fsp3) is 0.333. The fourth-order valence-electron chi connectivity index (χ4n) is 2.66. The summed E-state index contributed by atoms with van der Waals surface area (Å²) in [4.78, 5) is 1.79. The number of fused-ring (bicyclic) bond motifs is 1. The van der Waals surface area contributed by atoms with Gasteiger partial charge >= 0.3 is 0 Å². The van der Waals surface area contributed by atoms with E-state index < -0.39 is 10.0 Å². The highest BCUT2D eigenvalue weighted by molar-refractivity contribution is 7.89. The topological polar surface area (TPSA) is 93.9 Å². The highest BCUT2D eigenvalue weighted by atomic mass is 32.2. The Morgan fingerprint density at radius 3 is 2.82 bits per heavy atom. The molecule has 0 amide bonds. The number of rotatable bonds is 3. The van der Waals surface area contributed by atoms with Gasteiger partial charge in [-0.3, -0.25) is 0 Å². The van der Waals surface area contributed by atoms with Crippen LogP contribution in [0.1, 0.15) is 12.5 Å². The first kappa shape index (κ1) is 13.7. The molecule has 1 saturated heterocycles. The Bertz CT molecular complexity index is 905. The van der Waals surface area contributed by atoms with Gasteiger partial charge in [-0.05, 0) is 18.6 Å². The molecule has 0 saturated carbocycles. The summed E-state index contributed by atoms with van der Waals surface area (Å²) in [5, 5.41) is 8.19. The quantitative estimate of drug-likeness (QED) is 0.706. The van der Waals surface area contributed by atoms with E-state index in [0.717, 1.165) is 11.7 Å². The second-order valence-corrected chi connectivity index (χ2v) is 7.48. The van der Waals surface area contributed by atoms with E-state index in [-0.39, 0.29) is 10.9 Å². The second kappa shape index (κ2) is 5.07. The number of aromatic nitrogens is 5. The van der Waals surface area contributed by atoms with E-state index in [4.69, 9.17) is 0 Å². The smallest absolute Gasteiger partial charge is 0.207 e. The van der Waals surface area contributed by atoms with Crippen LogP contribution in [-0.2, 0) is 10.0 Å². The Kier molecular flexibility index (Phi) is 3.17. The molecule has 1 aliphatic heterocycles. The predicted octanol–water partition coefficient (Wildman–Crippen LogP) is 0.918. The van der Waals surface area contributed by atoms with Gasteiger partial charge < -0.3 is 0 Å². The Morgan fingerprint density at radius 2 is 2.00 bits per heavy atom. The first-order valence-electron chi connectivity index (χ1n) is 6.73. The summed E-state index contributed by atoms with van der Waals surface area (Å²) in [5.74, 6) is 0. The van der Waals surface area contributed by atoms with Gasteiger partial charge in [-0.2, -0.15) is 28.0 Å². The average molecular weight is 336 g/mol. The minimum Gasteiger partial charge on any atom is -0.207 e. The molecule has 114 valence electrons. The molecule has 10 heteroatoms. The lowest BCUT2D eigenvalue weighted by molar-refractivity contribution is 0.402. The summed E-state index contributed by atoms with van der Waals surface area (Å²) in [6.45, 7) is 0.813. The average Bonchev–Trinajstić information content (AvgIpc) is 3.25. The van der Waals surface area contributed by atoms with Crippen LogP contribution in [0.4, 0.5) is 0 Å². The van der Waals surface area contributed by atoms with E-state index in [9.17, 15) is 8.42 Å². The monoisotopic (exact) mass is 336 g/mol. The van der Waals surface area contributed by atoms with Crippen LogP contribution in [0.25, 0.3) is 11.0 Å². The normalized spacial score (nSPS) is 19.9. The number of benzene rings is 1. The third-order valence-electron chi connectivity index (χ3n) is 3.76. The van der Waals surface area contributed by atoms with Crippen LogP contribution in [0.3, 0.4) is 0 Å². The lowest BCUT2D eigenvalue weighted by Gasteiger charge is -2.16. The first-order valence-corrected chi connectivity index (χ1v) is 8.90. The molecule has 1 aliphatic rings. The maximum absolute atomic E-state index is 12.9. The third-order valence-corrected chi connectivity index (χ3v) is 6.20. The number of hydrogen-bond donors (Lipinski definition) is 0. The van der Waals surface area contributed by atoms with Crippen molar-refractivity contribution < 1.29 is 8.42 Å². The molecule has 0 aliphatic carbocycles. The molecular weight excluding hydrogens is 324 g/mol. The maximum atomic E-state index is 12.9. The fourth-order valence-corrected chi connectivity index (χ4v) is 4.91. The summed E-state index contributed by atoms with van der Waals surface area (Å²) in [5.41, 5.74) is 1.05. The molecule has 22 heavy (non-hydrogen) atoms. The van der Waals surface area contributed by atoms with Crippen LogP contribution in [-0.4, -0.2) is 49.6 Å². The van der Waals surface area contributed by atoms with E-state index in [1.807, 2.05) is 0 Å². The molecule has 4 rings (SSSR count). The van der Waals surface area contributed by atoms with E-state index in [2.05, 4.69) is 18.9 Å². The summed E-state index contributed by atoms with van der Waals surface area (Å²) in [6.07, 6.45) is 3.89. The van der Waals surface area contributed by atoms with Crippen molar-refractivity contribution in [2.45, 2.75) is 17.4 Å². The van der Waals surface area contributed by atoms with Crippen molar-refractivity contribution in [3.63, 3.8) is 0 Å². The third kappa shape index (κ3) is 2.11. The van der Waals surface area contributed by atoms with Crippen LogP contribution in [0.2, 0.25) is 0 Å². The Labute approximate surface area is 130 Å². The van der Waals surface area contributed by atoms with Gasteiger partial charge in [0.2, 0.25) is 10.0 Å².